The fraction of sp³-hybridized carbons (Fsp3) is 0.111. The first-order valence-corrected chi connectivity index (χ1v) is 7.74. The van der Waals surface area contributed by atoms with Crippen LogP contribution in [-0.2, 0) is 13.1 Å². The number of aromatic hydroxyl groups is 1. The van der Waals surface area contributed by atoms with Gasteiger partial charge in [-0.3, -0.25) is 14.6 Å². The minimum absolute atomic E-state index is 0.141. The van der Waals surface area contributed by atoms with Crippen LogP contribution in [0.3, 0.4) is 0 Å². The van der Waals surface area contributed by atoms with E-state index in [9.17, 15) is 19.1 Å². The molecule has 3 aromatic rings. The highest BCUT2D eigenvalue weighted by Gasteiger charge is 2.23. The molecule has 2 heterocycles. The van der Waals surface area contributed by atoms with Gasteiger partial charge in [-0.15, -0.1) is 0 Å². The molecule has 0 saturated heterocycles. The van der Waals surface area contributed by atoms with Crippen LogP contribution in [0.5, 0.6) is 5.75 Å². The lowest BCUT2D eigenvalue weighted by molar-refractivity contribution is 0.0720. The fourth-order valence-corrected chi connectivity index (χ4v) is 2.42. The van der Waals surface area contributed by atoms with Crippen molar-refractivity contribution in [3.63, 3.8) is 0 Å². The SMILES string of the molecule is O=C(c1nc[nH]c(=O)c1O)N(Cc1ccc(F)cc1)Cc1cccnc1. The topological polar surface area (TPSA) is 99.2 Å². The summed E-state index contributed by atoms with van der Waals surface area (Å²) in [6.07, 6.45) is 4.27. The van der Waals surface area contributed by atoms with E-state index in [2.05, 4.69) is 15.0 Å². The van der Waals surface area contributed by atoms with Crippen LogP contribution in [0, 0.1) is 5.82 Å². The van der Waals surface area contributed by atoms with Gasteiger partial charge in [0, 0.05) is 25.5 Å². The van der Waals surface area contributed by atoms with Crippen LogP contribution in [0.25, 0.3) is 0 Å². The third kappa shape index (κ3) is 3.92. The summed E-state index contributed by atoms with van der Waals surface area (Å²) in [5.41, 5.74) is 0.298. The maximum absolute atomic E-state index is 13.1. The smallest absolute Gasteiger partial charge is 0.293 e. The first kappa shape index (κ1) is 17.3. The third-order valence-corrected chi connectivity index (χ3v) is 3.70. The molecule has 0 unspecified atom stereocenters. The number of hydrogen-bond acceptors (Lipinski definition) is 5. The zero-order chi connectivity index (χ0) is 18.5. The van der Waals surface area contributed by atoms with Crippen molar-refractivity contribution >= 4 is 5.91 Å². The number of carbonyl (C=O) groups excluding carboxylic acids is 1. The second-order valence-corrected chi connectivity index (χ2v) is 5.58. The van der Waals surface area contributed by atoms with Crippen LogP contribution >= 0.6 is 0 Å². The highest BCUT2D eigenvalue weighted by molar-refractivity contribution is 5.94. The van der Waals surface area contributed by atoms with Gasteiger partial charge in [0.15, 0.2) is 5.69 Å². The van der Waals surface area contributed by atoms with Crippen molar-refractivity contribution in [1.82, 2.24) is 19.9 Å². The Hall–Kier alpha value is -3.55. The van der Waals surface area contributed by atoms with Gasteiger partial charge >= 0.3 is 0 Å². The molecule has 0 aliphatic rings. The Morgan fingerprint density at radius 1 is 1.15 bits per heavy atom. The number of carbonyl (C=O) groups is 1. The van der Waals surface area contributed by atoms with Crippen molar-refractivity contribution in [2.75, 3.05) is 0 Å². The summed E-state index contributed by atoms with van der Waals surface area (Å²) in [5, 5.41) is 9.87. The monoisotopic (exact) mass is 354 g/mol. The molecular weight excluding hydrogens is 339 g/mol. The number of rotatable bonds is 5. The van der Waals surface area contributed by atoms with Gasteiger partial charge in [0.2, 0.25) is 5.75 Å². The molecule has 1 amide bonds. The lowest BCUT2D eigenvalue weighted by Crippen LogP contribution is -2.32. The largest absolute Gasteiger partial charge is 0.501 e. The molecule has 0 spiro atoms. The Bertz CT molecular complexity index is 958. The number of hydrogen-bond donors (Lipinski definition) is 2. The molecule has 1 aromatic carbocycles. The second-order valence-electron chi connectivity index (χ2n) is 5.58. The normalized spacial score (nSPS) is 10.5. The number of nitrogens with zero attached hydrogens (tertiary/aromatic N) is 3. The Morgan fingerprint density at radius 2 is 1.88 bits per heavy atom. The standard InChI is InChI=1S/C18H15FN4O3/c19-14-5-3-12(4-6-14)9-23(10-13-2-1-7-20-8-13)18(26)15-16(24)17(25)22-11-21-15/h1-8,11,24H,9-10H2,(H,21,22,25). The summed E-state index contributed by atoms with van der Waals surface area (Å²) in [4.78, 5) is 35.8. The van der Waals surface area contributed by atoms with Crippen LogP contribution in [-0.4, -0.2) is 30.9 Å². The first-order valence-electron chi connectivity index (χ1n) is 7.74. The minimum atomic E-state index is -0.800. The zero-order valence-corrected chi connectivity index (χ0v) is 13.6. The average Bonchev–Trinajstić information content (AvgIpc) is 2.65. The summed E-state index contributed by atoms with van der Waals surface area (Å²) >= 11 is 0. The molecule has 0 aliphatic heterocycles. The molecule has 0 radical (unpaired) electrons. The summed E-state index contributed by atoms with van der Waals surface area (Å²) in [6, 6.07) is 9.24. The van der Waals surface area contributed by atoms with Gasteiger partial charge in [-0.2, -0.15) is 0 Å². The predicted octanol–water partition coefficient (Wildman–Crippen LogP) is 1.85. The van der Waals surface area contributed by atoms with Crippen LogP contribution in [0.2, 0.25) is 0 Å². The van der Waals surface area contributed by atoms with Crippen molar-refractivity contribution in [2.24, 2.45) is 0 Å². The van der Waals surface area contributed by atoms with Gasteiger partial charge in [-0.1, -0.05) is 18.2 Å². The molecule has 7 nitrogen and oxygen atoms in total. The average molecular weight is 354 g/mol. The second kappa shape index (κ2) is 7.56. The Balaban J connectivity index is 1.93. The molecule has 0 saturated carbocycles. The molecule has 2 N–H and O–H groups in total. The quantitative estimate of drug-likeness (QED) is 0.728. The molecule has 0 atom stereocenters. The van der Waals surface area contributed by atoms with Crippen LogP contribution in [0.4, 0.5) is 4.39 Å². The van der Waals surface area contributed by atoms with Crippen LogP contribution in [0.15, 0.2) is 59.9 Å². The fourth-order valence-electron chi connectivity index (χ4n) is 2.42. The number of aromatic amines is 1. The predicted molar refractivity (Wildman–Crippen MR) is 90.7 cm³/mol. The van der Waals surface area contributed by atoms with E-state index in [0.29, 0.717) is 5.56 Å². The zero-order valence-electron chi connectivity index (χ0n) is 13.6. The maximum atomic E-state index is 13.1. The summed E-state index contributed by atoms with van der Waals surface area (Å²) < 4.78 is 13.1. The van der Waals surface area contributed by atoms with E-state index in [4.69, 9.17) is 0 Å². The summed E-state index contributed by atoms with van der Waals surface area (Å²) in [7, 11) is 0. The molecule has 3 rings (SSSR count). The number of benzene rings is 1. The van der Waals surface area contributed by atoms with Gasteiger partial charge in [0.25, 0.3) is 11.5 Å². The minimum Gasteiger partial charge on any atom is -0.501 e. The van der Waals surface area contributed by atoms with Crippen LogP contribution in [0.1, 0.15) is 21.6 Å². The Labute approximate surface area is 147 Å². The molecular formula is C18H15FN4O3. The number of H-pyrrole nitrogens is 1. The molecule has 0 aliphatic carbocycles. The maximum Gasteiger partial charge on any atom is 0.293 e. The van der Waals surface area contributed by atoms with E-state index in [1.807, 2.05) is 0 Å². The van der Waals surface area contributed by atoms with Gasteiger partial charge in [-0.05, 0) is 29.3 Å². The summed E-state index contributed by atoms with van der Waals surface area (Å²) in [6.45, 7) is 0.319. The van der Waals surface area contributed by atoms with E-state index in [1.54, 1.807) is 36.7 Å². The third-order valence-electron chi connectivity index (χ3n) is 3.70. The van der Waals surface area contributed by atoms with Crippen molar-refractivity contribution in [3.05, 3.63) is 88.1 Å². The molecule has 0 fully saturated rings. The van der Waals surface area contributed by atoms with Crippen molar-refractivity contribution in [3.8, 4) is 5.75 Å². The number of nitrogens with one attached hydrogen (secondary N) is 1. The van der Waals surface area contributed by atoms with E-state index in [1.165, 1.54) is 17.0 Å². The number of pyridine rings is 1. The molecule has 2 aromatic heterocycles. The van der Waals surface area contributed by atoms with Crippen molar-refractivity contribution < 1.29 is 14.3 Å². The molecule has 26 heavy (non-hydrogen) atoms. The number of halogens is 1. The van der Waals surface area contributed by atoms with E-state index < -0.39 is 17.2 Å². The summed E-state index contributed by atoms with van der Waals surface area (Å²) in [5.74, 6) is -1.75. The van der Waals surface area contributed by atoms with Gasteiger partial charge in [0.05, 0.1) is 6.33 Å². The van der Waals surface area contributed by atoms with Crippen molar-refractivity contribution in [1.29, 1.82) is 0 Å². The highest BCUT2D eigenvalue weighted by atomic mass is 19.1. The van der Waals surface area contributed by atoms with Crippen molar-refractivity contribution in [2.45, 2.75) is 13.1 Å². The van der Waals surface area contributed by atoms with E-state index in [-0.39, 0.29) is 24.6 Å². The van der Waals surface area contributed by atoms with E-state index in [0.717, 1.165) is 11.9 Å². The Morgan fingerprint density at radius 3 is 2.58 bits per heavy atom. The first-order chi connectivity index (χ1) is 12.5. The molecule has 8 heteroatoms. The lowest BCUT2D eigenvalue weighted by atomic mass is 10.1. The van der Waals surface area contributed by atoms with Gasteiger partial charge < -0.3 is 15.0 Å². The van der Waals surface area contributed by atoms with Gasteiger partial charge in [0.1, 0.15) is 5.82 Å². The molecule has 0 bridgehead atoms. The van der Waals surface area contributed by atoms with Crippen LogP contribution < -0.4 is 5.56 Å². The number of amides is 1. The lowest BCUT2D eigenvalue weighted by Gasteiger charge is -2.22. The Kier molecular flexibility index (Phi) is 5.02. The number of aromatic nitrogens is 3. The highest BCUT2D eigenvalue weighted by Crippen LogP contribution is 2.16. The van der Waals surface area contributed by atoms with E-state index >= 15 is 0 Å². The van der Waals surface area contributed by atoms with Gasteiger partial charge in [-0.25, -0.2) is 9.37 Å². The molecule has 132 valence electrons.